The Hall–Kier alpha value is -1.32. The molecule has 0 fully saturated rings. The van der Waals surface area contributed by atoms with Crippen LogP contribution in [0.1, 0.15) is 0 Å². The molecule has 0 radical (unpaired) electrons. The van der Waals surface area contributed by atoms with Gasteiger partial charge in [-0.1, -0.05) is 35.3 Å². The normalized spacial score (nSPS) is 10.3. The first-order chi connectivity index (χ1) is 7.20. The van der Waals surface area contributed by atoms with E-state index in [0.29, 0.717) is 15.6 Å². The topological polar surface area (TPSA) is 45.8 Å². The van der Waals surface area contributed by atoms with Crippen LogP contribution in [0.3, 0.4) is 0 Å². The van der Waals surface area contributed by atoms with Crippen molar-refractivity contribution in [2.45, 2.75) is 0 Å². The second kappa shape index (κ2) is 4.04. The van der Waals surface area contributed by atoms with Crippen LogP contribution < -0.4 is 5.56 Å². The maximum absolute atomic E-state index is 11.5. The SMILES string of the molecule is O=c1[nH]ccnc1-c1cccc(Cl)c1Cl. The molecule has 5 heteroatoms. The van der Waals surface area contributed by atoms with Gasteiger partial charge < -0.3 is 4.98 Å². The van der Waals surface area contributed by atoms with Gasteiger partial charge >= 0.3 is 0 Å². The van der Waals surface area contributed by atoms with Crippen molar-refractivity contribution < 1.29 is 0 Å². The number of H-pyrrole nitrogens is 1. The molecule has 1 aromatic heterocycles. The molecule has 2 aromatic rings. The van der Waals surface area contributed by atoms with E-state index in [4.69, 9.17) is 23.2 Å². The van der Waals surface area contributed by atoms with Crippen molar-refractivity contribution in [3.05, 3.63) is 51.0 Å². The van der Waals surface area contributed by atoms with Crippen LogP contribution in [0.5, 0.6) is 0 Å². The number of hydrogen-bond acceptors (Lipinski definition) is 2. The molecule has 0 atom stereocenters. The summed E-state index contributed by atoms with van der Waals surface area (Å²) in [5, 5.41) is 0.739. The van der Waals surface area contributed by atoms with Gasteiger partial charge in [-0.2, -0.15) is 0 Å². The number of nitrogens with one attached hydrogen (secondary N) is 1. The fourth-order valence-corrected chi connectivity index (χ4v) is 1.62. The molecule has 0 aliphatic carbocycles. The predicted octanol–water partition coefficient (Wildman–Crippen LogP) is 2.74. The average molecular weight is 241 g/mol. The highest BCUT2D eigenvalue weighted by Gasteiger charge is 2.10. The predicted molar refractivity (Wildman–Crippen MR) is 60.3 cm³/mol. The molecule has 1 N–H and O–H groups in total. The van der Waals surface area contributed by atoms with Crippen molar-refractivity contribution >= 4 is 23.2 Å². The Kier molecular flexibility index (Phi) is 2.75. The summed E-state index contributed by atoms with van der Waals surface area (Å²) in [5.74, 6) is 0. The van der Waals surface area contributed by atoms with Crippen LogP contribution in [-0.4, -0.2) is 9.97 Å². The van der Waals surface area contributed by atoms with E-state index in [-0.39, 0.29) is 11.3 Å². The molecule has 1 aromatic carbocycles. The fourth-order valence-electron chi connectivity index (χ4n) is 1.23. The average Bonchev–Trinajstić information content (AvgIpc) is 2.23. The van der Waals surface area contributed by atoms with E-state index < -0.39 is 0 Å². The highest BCUT2D eigenvalue weighted by molar-refractivity contribution is 6.43. The summed E-state index contributed by atoms with van der Waals surface area (Å²) in [5.41, 5.74) is 0.512. The van der Waals surface area contributed by atoms with Crippen molar-refractivity contribution in [2.24, 2.45) is 0 Å². The lowest BCUT2D eigenvalue weighted by molar-refractivity contribution is 1.14. The molecule has 3 nitrogen and oxygen atoms in total. The molecular weight excluding hydrogens is 235 g/mol. The Labute approximate surface area is 95.7 Å². The zero-order valence-electron chi connectivity index (χ0n) is 7.50. The second-order valence-electron chi connectivity index (χ2n) is 2.87. The van der Waals surface area contributed by atoms with Gasteiger partial charge in [-0.3, -0.25) is 4.79 Å². The van der Waals surface area contributed by atoms with E-state index in [1.807, 2.05) is 0 Å². The van der Waals surface area contributed by atoms with Gasteiger partial charge in [0.2, 0.25) is 0 Å². The van der Waals surface area contributed by atoms with Gasteiger partial charge in [-0.25, -0.2) is 4.98 Å². The largest absolute Gasteiger partial charge is 0.326 e. The molecule has 0 aliphatic rings. The Morgan fingerprint density at radius 1 is 1.27 bits per heavy atom. The van der Waals surface area contributed by atoms with Crippen molar-refractivity contribution in [3.63, 3.8) is 0 Å². The molecule has 1 heterocycles. The summed E-state index contributed by atoms with van der Waals surface area (Å²) in [7, 11) is 0. The smallest absolute Gasteiger partial charge is 0.274 e. The van der Waals surface area contributed by atoms with Crippen LogP contribution in [-0.2, 0) is 0 Å². The van der Waals surface area contributed by atoms with Gasteiger partial charge in [0.05, 0.1) is 10.0 Å². The quantitative estimate of drug-likeness (QED) is 0.834. The van der Waals surface area contributed by atoms with Crippen LogP contribution in [0.4, 0.5) is 0 Å². The molecule has 76 valence electrons. The number of nitrogens with zero attached hydrogens (tertiary/aromatic N) is 1. The maximum Gasteiger partial charge on any atom is 0.274 e. The Balaban J connectivity index is 2.70. The number of hydrogen-bond donors (Lipinski definition) is 1. The minimum absolute atomic E-state index is 0.269. The molecule has 0 saturated heterocycles. The summed E-state index contributed by atoms with van der Waals surface area (Å²) < 4.78 is 0. The highest BCUT2D eigenvalue weighted by atomic mass is 35.5. The van der Waals surface area contributed by atoms with E-state index >= 15 is 0 Å². The molecule has 2 rings (SSSR count). The van der Waals surface area contributed by atoms with E-state index in [2.05, 4.69) is 9.97 Å². The van der Waals surface area contributed by atoms with Gasteiger partial charge in [0.25, 0.3) is 5.56 Å². The molecule has 0 amide bonds. The second-order valence-corrected chi connectivity index (χ2v) is 3.65. The van der Waals surface area contributed by atoms with Gasteiger partial charge in [-0.05, 0) is 6.07 Å². The Morgan fingerprint density at radius 3 is 2.80 bits per heavy atom. The molecule has 15 heavy (non-hydrogen) atoms. The first-order valence-electron chi connectivity index (χ1n) is 4.18. The van der Waals surface area contributed by atoms with Crippen molar-refractivity contribution in [1.82, 2.24) is 9.97 Å². The maximum atomic E-state index is 11.5. The summed E-state index contributed by atoms with van der Waals surface area (Å²) >= 11 is 11.8. The Bertz CT molecular complexity index is 551. The highest BCUT2D eigenvalue weighted by Crippen LogP contribution is 2.30. The molecule has 0 unspecified atom stereocenters. The minimum Gasteiger partial charge on any atom is -0.326 e. The lowest BCUT2D eigenvalue weighted by Gasteiger charge is -2.03. The summed E-state index contributed by atoms with van der Waals surface area (Å²) in [4.78, 5) is 18.0. The number of aromatic amines is 1. The van der Waals surface area contributed by atoms with Gasteiger partial charge in [-0.15, -0.1) is 0 Å². The zero-order chi connectivity index (χ0) is 10.8. The number of rotatable bonds is 1. The molecular formula is C10H6Cl2N2O. The van der Waals surface area contributed by atoms with Crippen LogP contribution >= 0.6 is 23.2 Å². The van der Waals surface area contributed by atoms with Gasteiger partial charge in [0, 0.05) is 18.0 Å². The number of benzene rings is 1. The Morgan fingerprint density at radius 2 is 2.07 bits per heavy atom. The van der Waals surface area contributed by atoms with E-state index in [1.165, 1.54) is 12.4 Å². The third-order valence-corrected chi connectivity index (χ3v) is 2.73. The summed E-state index contributed by atoms with van der Waals surface area (Å²) in [6.45, 7) is 0. The van der Waals surface area contributed by atoms with Crippen molar-refractivity contribution in [3.8, 4) is 11.3 Å². The molecule has 0 aliphatic heterocycles. The standard InChI is InChI=1S/C10H6Cl2N2O/c11-7-3-1-2-6(8(7)12)9-10(15)14-5-4-13-9/h1-5H,(H,14,15). The first kappa shape index (κ1) is 10.2. The van der Waals surface area contributed by atoms with Crippen LogP contribution in [0.15, 0.2) is 35.4 Å². The molecule has 0 bridgehead atoms. The molecule has 0 saturated carbocycles. The third kappa shape index (κ3) is 1.89. The lowest BCUT2D eigenvalue weighted by atomic mass is 10.1. The summed E-state index contributed by atoms with van der Waals surface area (Å²) in [6, 6.07) is 5.08. The first-order valence-corrected chi connectivity index (χ1v) is 4.94. The van der Waals surface area contributed by atoms with Crippen molar-refractivity contribution in [1.29, 1.82) is 0 Å². The fraction of sp³-hybridized carbons (Fsp3) is 0. The monoisotopic (exact) mass is 240 g/mol. The minimum atomic E-state index is -0.290. The number of halogens is 2. The van der Waals surface area contributed by atoms with E-state index in [1.54, 1.807) is 18.2 Å². The summed E-state index contributed by atoms with van der Waals surface area (Å²) in [6.07, 6.45) is 2.96. The van der Waals surface area contributed by atoms with Crippen molar-refractivity contribution in [2.75, 3.05) is 0 Å². The van der Waals surface area contributed by atoms with Crippen LogP contribution in [0.25, 0.3) is 11.3 Å². The number of aromatic nitrogens is 2. The van der Waals surface area contributed by atoms with Crippen LogP contribution in [0.2, 0.25) is 10.0 Å². The lowest BCUT2D eigenvalue weighted by Crippen LogP contribution is -2.09. The van der Waals surface area contributed by atoms with Gasteiger partial charge in [0.15, 0.2) is 0 Å². The zero-order valence-corrected chi connectivity index (χ0v) is 9.01. The third-order valence-electron chi connectivity index (χ3n) is 1.91. The van der Waals surface area contributed by atoms with E-state index in [0.717, 1.165) is 0 Å². The molecule has 0 spiro atoms. The van der Waals surface area contributed by atoms with Crippen LogP contribution in [0, 0.1) is 0 Å². The van der Waals surface area contributed by atoms with E-state index in [9.17, 15) is 4.79 Å². The van der Waals surface area contributed by atoms with Gasteiger partial charge in [0.1, 0.15) is 5.69 Å².